The van der Waals surface area contributed by atoms with Crippen molar-refractivity contribution in [3.05, 3.63) is 78.1 Å². The average molecular weight is 367 g/mol. The summed E-state index contributed by atoms with van der Waals surface area (Å²) in [6.07, 6.45) is 5.29. The van der Waals surface area contributed by atoms with E-state index >= 15 is 0 Å². The van der Waals surface area contributed by atoms with Crippen LogP contribution in [0, 0.1) is 11.3 Å². The molecule has 0 radical (unpaired) electrons. The number of nitrogens with zero attached hydrogens (tertiary/aromatic N) is 4. The van der Waals surface area contributed by atoms with E-state index < -0.39 is 5.91 Å². The lowest BCUT2D eigenvalue weighted by atomic mass is 10.1. The van der Waals surface area contributed by atoms with Crippen LogP contribution in [0.3, 0.4) is 0 Å². The van der Waals surface area contributed by atoms with Crippen LogP contribution in [0.5, 0.6) is 0 Å². The fourth-order valence-corrected chi connectivity index (χ4v) is 3.26. The summed E-state index contributed by atoms with van der Waals surface area (Å²) in [5, 5.41) is 15.1. The van der Waals surface area contributed by atoms with Crippen molar-refractivity contribution in [2.45, 2.75) is 0 Å². The first-order valence-electron chi connectivity index (χ1n) is 8.69. The Morgan fingerprint density at radius 1 is 1.11 bits per heavy atom. The Morgan fingerprint density at radius 3 is 2.54 bits per heavy atom. The zero-order valence-electron chi connectivity index (χ0n) is 15.2. The molecule has 0 unspecified atom stereocenters. The highest BCUT2D eigenvalue weighted by Crippen LogP contribution is 2.33. The predicted molar refractivity (Wildman–Crippen MR) is 108 cm³/mol. The molecule has 0 aliphatic rings. The summed E-state index contributed by atoms with van der Waals surface area (Å²) in [7, 11) is 1.97. The molecule has 4 aromatic rings. The second kappa shape index (κ2) is 6.89. The van der Waals surface area contributed by atoms with Crippen LogP contribution in [-0.4, -0.2) is 20.3 Å². The van der Waals surface area contributed by atoms with Gasteiger partial charge in [0.1, 0.15) is 17.3 Å². The lowest BCUT2D eigenvalue weighted by Crippen LogP contribution is -2.12. The van der Waals surface area contributed by atoms with Gasteiger partial charge in [-0.3, -0.25) is 4.79 Å². The molecule has 4 rings (SSSR count). The fourth-order valence-electron chi connectivity index (χ4n) is 3.26. The molecule has 0 saturated carbocycles. The number of aryl methyl sites for hydroxylation is 1. The zero-order valence-corrected chi connectivity index (χ0v) is 15.2. The number of fused-ring (bicyclic) bond motifs is 1. The molecule has 0 spiro atoms. The molecular weight excluding hydrogens is 350 g/mol. The van der Waals surface area contributed by atoms with Crippen molar-refractivity contribution in [1.29, 1.82) is 5.26 Å². The van der Waals surface area contributed by atoms with Crippen LogP contribution < -0.4 is 5.73 Å². The highest BCUT2D eigenvalue weighted by molar-refractivity contribution is 6.02. The maximum absolute atomic E-state index is 11.6. The van der Waals surface area contributed by atoms with Gasteiger partial charge in [-0.1, -0.05) is 36.4 Å². The van der Waals surface area contributed by atoms with Gasteiger partial charge in [0.25, 0.3) is 5.91 Å². The van der Waals surface area contributed by atoms with Crippen LogP contribution in [0.4, 0.5) is 0 Å². The largest absolute Gasteiger partial charge is 0.365 e. The van der Waals surface area contributed by atoms with E-state index in [-0.39, 0.29) is 5.57 Å². The van der Waals surface area contributed by atoms with Crippen molar-refractivity contribution in [2.24, 2.45) is 12.8 Å². The Kier molecular flexibility index (Phi) is 4.26. The molecule has 0 atom stereocenters. The molecule has 1 amide bonds. The number of para-hydroxylation sites is 2. The third kappa shape index (κ3) is 2.95. The molecule has 2 aromatic heterocycles. The third-order valence-electron chi connectivity index (χ3n) is 4.60. The van der Waals surface area contributed by atoms with Gasteiger partial charge in [0, 0.05) is 41.5 Å². The van der Waals surface area contributed by atoms with Gasteiger partial charge in [-0.15, -0.1) is 0 Å². The maximum Gasteiger partial charge on any atom is 0.259 e. The van der Waals surface area contributed by atoms with Crippen molar-refractivity contribution < 1.29 is 4.79 Å². The Bertz CT molecular complexity index is 1260. The van der Waals surface area contributed by atoms with E-state index in [4.69, 9.17) is 10.8 Å². The molecule has 136 valence electrons. The summed E-state index contributed by atoms with van der Waals surface area (Å²) in [4.78, 5) is 11.6. The Morgan fingerprint density at radius 2 is 1.82 bits per heavy atom. The third-order valence-corrected chi connectivity index (χ3v) is 4.60. The van der Waals surface area contributed by atoms with E-state index in [1.54, 1.807) is 10.9 Å². The van der Waals surface area contributed by atoms with Crippen LogP contribution in [-0.2, 0) is 11.8 Å². The summed E-state index contributed by atoms with van der Waals surface area (Å²) in [5.41, 5.74) is 9.40. The lowest BCUT2D eigenvalue weighted by molar-refractivity contribution is -0.114. The summed E-state index contributed by atoms with van der Waals surface area (Å²) >= 11 is 0. The number of aromatic nitrogens is 3. The van der Waals surface area contributed by atoms with E-state index in [0.717, 1.165) is 22.2 Å². The SMILES string of the molecule is Cn1cc(-c2nn(-c3ccccc3)cc2/C=C(\C#N)C(N)=O)c2ccccc21. The van der Waals surface area contributed by atoms with Gasteiger partial charge in [0.15, 0.2) is 0 Å². The number of carbonyl (C=O) groups is 1. The maximum atomic E-state index is 11.6. The van der Waals surface area contributed by atoms with Crippen molar-refractivity contribution in [3.8, 4) is 23.0 Å². The number of primary amides is 1. The average Bonchev–Trinajstić information content (AvgIpc) is 3.28. The number of hydrogen-bond acceptors (Lipinski definition) is 3. The second-order valence-corrected chi connectivity index (χ2v) is 6.42. The van der Waals surface area contributed by atoms with Gasteiger partial charge >= 0.3 is 0 Å². The van der Waals surface area contributed by atoms with Gasteiger partial charge in [0.2, 0.25) is 0 Å². The van der Waals surface area contributed by atoms with Gasteiger partial charge in [-0.05, 0) is 24.3 Å². The van der Waals surface area contributed by atoms with Gasteiger partial charge in [-0.25, -0.2) is 4.68 Å². The Labute approximate surface area is 161 Å². The van der Waals surface area contributed by atoms with Crippen LogP contribution in [0.1, 0.15) is 5.56 Å². The number of amides is 1. The minimum atomic E-state index is -0.765. The highest BCUT2D eigenvalue weighted by atomic mass is 16.1. The summed E-state index contributed by atoms with van der Waals surface area (Å²) in [5.74, 6) is -0.765. The summed E-state index contributed by atoms with van der Waals surface area (Å²) in [6.45, 7) is 0. The second-order valence-electron chi connectivity index (χ2n) is 6.42. The number of nitriles is 1. The first kappa shape index (κ1) is 17.3. The first-order valence-corrected chi connectivity index (χ1v) is 8.69. The van der Waals surface area contributed by atoms with Crippen molar-refractivity contribution in [2.75, 3.05) is 0 Å². The molecule has 2 N–H and O–H groups in total. The van der Waals surface area contributed by atoms with Crippen molar-refractivity contribution in [1.82, 2.24) is 14.3 Å². The molecule has 0 fully saturated rings. The summed E-state index contributed by atoms with van der Waals surface area (Å²) < 4.78 is 3.76. The number of carbonyl (C=O) groups excluding carboxylic acids is 1. The molecule has 6 nitrogen and oxygen atoms in total. The topological polar surface area (TPSA) is 89.6 Å². The summed E-state index contributed by atoms with van der Waals surface area (Å²) in [6, 6.07) is 19.5. The quantitative estimate of drug-likeness (QED) is 0.443. The molecule has 28 heavy (non-hydrogen) atoms. The minimum absolute atomic E-state index is 0.117. The van der Waals surface area contributed by atoms with Gasteiger partial charge in [0.05, 0.1) is 5.69 Å². The monoisotopic (exact) mass is 367 g/mol. The van der Waals surface area contributed by atoms with Crippen LogP contribution >= 0.6 is 0 Å². The molecule has 0 bridgehead atoms. The normalized spacial score (nSPS) is 11.5. The van der Waals surface area contributed by atoms with E-state index in [1.807, 2.05) is 78.5 Å². The van der Waals surface area contributed by atoms with E-state index in [0.29, 0.717) is 11.3 Å². The Hall–Kier alpha value is -4.11. The van der Waals surface area contributed by atoms with E-state index in [1.165, 1.54) is 6.08 Å². The molecule has 0 aliphatic heterocycles. The van der Waals surface area contributed by atoms with Crippen molar-refractivity contribution >= 4 is 22.9 Å². The van der Waals surface area contributed by atoms with Gasteiger partial charge < -0.3 is 10.3 Å². The zero-order chi connectivity index (χ0) is 19.7. The van der Waals surface area contributed by atoms with Crippen LogP contribution in [0.15, 0.2) is 72.6 Å². The number of nitrogens with two attached hydrogens (primary N) is 1. The molecule has 2 aromatic carbocycles. The molecule has 2 heterocycles. The van der Waals surface area contributed by atoms with Crippen LogP contribution in [0.25, 0.3) is 33.9 Å². The smallest absolute Gasteiger partial charge is 0.259 e. The molecule has 0 aliphatic carbocycles. The predicted octanol–water partition coefficient (Wildman–Crippen LogP) is 3.42. The molecular formula is C22H17N5O. The highest BCUT2D eigenvalue weighted by Gasteiger charge is 2.17. The lowest BCUT2D eigenvalue weighted by Gasteiger charge is -1.99. The molecule has 6 heteroatoms. The van der Waals surface area contributed by atoms with E-state index in [9.17, 15) is 10.1 Å². The van der Waals surface area contributed by atoms with Gasteiger partial charge in [-0.2, -0.15) is 10.4 Å². The number of rotatable bonds is 4. The van der Waals surface area contributed by atoms with E-state index in [2.05, 4.69) is 0 Å². The first-order chi connectivity index (χ1) is 13.6. The molecule has 0 saturated heterocycles. The number of benzene rings is 2. The fraction of sp³-hybridized carbons (Fsp3) is 0.0455. The Balaban J connectivity index is 1.98. The van der Waals surface area contributed by atoms with Crippen molar-refractivity contribution in [3.63, 3.8) is 0 Å². The standard InChI is InChI=1S/C22H17N5O/c1-26-14-19(18-9-5-6-10-20(18)26)21-16(11-15(12-23)22(24)28)13-27(25-21)17-7-3-2-4-8-17/h2-11,13-14H,1H3,(H2,24,28)/b15-11+. The minimum Gasteiger partial charge on any atom is -0.365 e. The van der Waals surface area contributed by atoms with Crippen LogP contribution in [0.2, 0.25) is 0 Å². The number of hydrogen-bond donors (Lipinski definition) is 1.